The van der Waals surface area contributed by atoms with Gasteiger partial charge in [0, 0.05) is 31.9 Å². The van der Waals surface area contributed by atoms with Crippen LogP contribution in [0.4, 0.5) is 0 Å². The zero-order chi connectivity index (χ0) is 19.5. The summed E-state index contributed by atoms with van der Waals surface area (Å²) in [4.78, 5) is 25.0. The first kappa shape index (κ1) is 20.3. The Kier molecular flexibility index (Phi) is 6.37. The Hall–Kier alpha value is -1.98. The fourth-order valence-electron chi connectivity index (χ4n) is 2.61. The first-order valence-corrected chi connectivity index (χ1v) is 10.1. The Morgan fingerprint density at radius 3 is 2.69 bits per heavy atom. The summed E-state index contributed by atoms with van der Waals surface area (Å²) in [6.45, 7) is 3.90. The molecule has 1 atom stereocenters. The molecular formula is C15H24N4O6S. The molecule has 0 spiro atoms. The van der Waals surface area contributed by atoms with Gasteiger partial charge in [-0.15, -0.1) is 0 Å². The van der Waals surface area contributed by atoms with Gasteiger partial charge in [-0.25, -0.2) is 8.42 Å². The number of morpholine rings is 1. The Morgan fingerprint density at radius 2 is 2.15 bits per heavy atom. The van der Waals surface area contributed by atoms with Crippen LogP contribution in [-0.4, -0.2) is 89.5 Å². The number of ether oxygens (including phenoxy) is 1. The van der Waals surface area contributed by atoms with Crippen molar-refractivity contribution in [2.75, 3.05) is 39.0 Å². The second-order valence-electron chi connectivity index (χ2n) is 6.47. The van der Waals surface area contributed by atoms with Crippen LogP contribution in [-0.2, 0) is 19.6 Å². The molecule has 1 aromatic rings. The summed E-state index contributed by atoms with van der Waals surface area (Å²) in [5, 5.41) is 13.1. The molecule has 0 saturated carbocycles. The van der Waals surface area contributed by atoms with Gasteiger partial charge in [-0.1, -0.05) is 0 Å². The monoisotopic (exact) mass is 388 g/mol. The highest BCUT2D eigenvalue weighted by Crippen LogP contribution is 2.13. The molecule has 146 valence electrons. The molecule has 1 aliphatic heterocycles. The van der Waals surface area contributed by atoms with Gasteiger partial charge in [0.25, 0.3) is 5.91 Å². The summed E-state index contributed by atoms with van der Waals surface area (Å²) in [6.07, 6.45) is 2.07. The third-order valence-electron chi connectivity index (χ3n) is 3.97. The van der Waals surface area contributed by atoms with Gasteiger partial charge >= 0.3 is 5.97 Å². The van der Waals surface area contributed by atoms with E-state index in [1.165, 1.54) is 0 Å². The molecule has 1 fully saturated rings. The van der Waals surface area contributed by atoms with Crippen LogP contribution in [0.15, 0.2) is 12.3 Å². The molecule has 2 rings (SSSR count). The van der Waals surface area contributed by atoms with Gasteiger partial charge in [0.1, 0.15) is 12.2 Å². The third kappa shape index (κ3) is 5.26. The zero-order valence-corrected chi connectivity index (χ0v) is 15.8. The summed E-state index contributed by atoms with van der Waals surface area (Å²) in [7, 11) is -3.70. The lowest BCUT2D eigenvalue weighted by molar-refractivity contribution is -0.137. The van der Waals surface area contributed by atoms with Gasteiger partial charge < -0.3 is 14.7 Å². The topological polar surface area (TPSA) is 122 Å². The Bertz CT molecular complexity index is 760. The predicted octanol–water partition coefficient (Wildman–Crippen LogP) is -0.349. The summed E-state index contributed by atoms with van der Waals surface area (Å²) in [6, 6.07) is 1.77. The van der Waals surface area contributed by atoms with E-state index in [1.807, 2.05) is 13.8 Å². The average Bonchev–Trinajstić information content (AvgIpc) is 3.03. The van der Waals surface area contributed by atoms with Crippen LogP contribution >= 0.6 is 0 Å². The minimum atomic E-state index is -3.70. The van der Waals surface area contributed by atoms with Gasteiger partial charge in [0.05, 0.1) is 19.0 Å². The van der Waals surface area contributed by atoms with Gasteiger partial charge in [0.2, 0.25) is 10.0 Å². The number of carboxylic acid groups (broad SMARTS) is 1. The molecule has 1 aromatic heterocycles. The zero-order valence-electron chi connectivity index (χ0n) is 15.0. The van der Waals surface area contributed by atoms with Gasteiger partial charge in [-0.2, -0.15) is 9.40 Å². The summed E-state index contributed by atoms with van der Waals surface area (Å²) in [5.74, 6) is -1.51. The Morgan fingerprint density at radius 1 is 1.46 bits per heavy atom. The molecule has 1 amide bonds. The van der Waals surface area contributed by atoms with Crippen LogP contribution in [0.1, 0.15) is 30.4 Å². The highest BCUT2D eigenvalue weighted by Gasteiger charge is 2.30. The summed E-state index contributed by atoms with van der Waals surface area (Å²) < 4.78 is 31.6. The smallest absolute Gasteiger partial charge is 0.318 e. The van der Waals surface area contributed by atoms with Crippen molar-refractivity contribution in [1.29, 1.82) is 0 Å². The molecule has 0 aliphatic carbocycles. The van der Waals surface area contributed by atoms with Crippen molar-refractivity contribution in [2.45, 2.75) is 26.0 Å². The predicted molar refractivity (Wildman–Crippen MR) is 92.3 cm³/mol. The van der Waals surface area contributed by atoms with Crippen molar-refractivity contribution in [3.8, 4) is 0 Å². The van der Waals surface area contributed by atoms with Crippen molar-refractivity contribution >= 4 is 21.9 Å². The number of hydrogen-bond donors (Lipinski definition) is 1. The molecule has 26 heavy (non-hydrogen) atoms. The van der Waals surface area contributed by atoms with Crippen LogP contribution in [0.3, 0.4) is 0 Å². The van der Waals surface area contributed by atoms with Gasteiger partial charge in [-0.05, 0) is 19.9 Å². The lowest BCUT2D eigenvalue weighted by Crippen LogP contribution is -2.51. The number of nitrogens with zero attached hydrogens (tertiary/aromatic N) is 4. The molecule has 11 heteroatoms. The maximum Gasteiger partial charge on any atom is 0.318 e. The fraction of sp³-hybridized carbons (Fsp3) is 0.667. The maximum absolute atomic E-state index is 12.6. The second-order valence-corrected chi connectivity index (χ2v) is 8.45. The number of hydrogen-bond acceptors (Lipinski definition) is 6. The molecule has 0 aromatic carbocycles. The molecule has 2 heterocycles. The Labute approximate surface area is 152 Å². The van der Waals surface area contributed by atoms with Gasteiger partial charge in [0.15, 0.2) is 0 Å². The van der Waals surface area contributed by atoms with Crippen LogP contribution in [0.25, 0.3) is 0 Å². The minimum absolute atomic E-state index is 0.130. The van der Waals surface area contributed by atoms with E-state index in [0.29, 0.717) is 12.2 Å². The lowest BCUT2D eigenvalue weighted by atomic mass is 10.2. The summed E-state index contributed by atoms with van der Waals surface area (Å²) >= 11 is 0. The number of rotatable bonds is 7. The van der Waals surface area contributed by atoms with E-state index in [-0.39, 0.29) is 31.6 Å². The van der Waals surface area contributed by atoms with Crippen molar-refractivity contribution < 1.29 is 27.9 Å². The molecule has 1 N–H and O–H groups in total. The van der Waals surface area contributed by atoms with Crippen molar-refractivity contribution in [1.82, 2.24) is 19.0 Å². The molecule has 1 saturated heterocycles. The van der Waals surface area contributed by atoms with Gasteiger partial charge in [-0.3, -0.25) is 14.3 Å². The number of amides is 1. The van der Waals surface area contributed by atoms with Crippen LogP contribution < -0.4 is 0 Å². The van der Waals surface area contributed by atoms with Crippen molar-refractivity contribution in [2.24, 2.45) is 0 Å². The van der Waals surface area contributed by atoms with Crippen LogP contribution in [0.2, 0.25) is 0 Å². The molecule has 1 unspecified atom stereocenters. The SMILES string of the molecule is CC(C)n1ccc(C(=O)N2CCOC(CN(CC(=O)O)S(C)(=O)=O)C2)n1. The normalized spacial score (nSPS) is 18.5. The van der Waals surface area contributed by atoms with Crippen LogP contribution in [0.5, 0.6) is 0 Å². The van der Waals surface area contributed by atoms with E-state index in [2.05, 4.69) is 5.10 Å². The lowest BCUT2D eigenvalue weighted by Gasteiger charge is -2.34. The Balaban J connectivity index is 2.05. The van der Waals surface area contributed by atoms with E-state index in [9.17, 15) is 18.0 Å². The van der Waals surface area contributed by atoms with Crippen molar-refractivity contribution in [3.63, 3.8) is 0 Å². The highest BCUT2D eigenvalue weighted by molar-refractivity contribution is 7.88. The first-order valence-electron chi connectivity index (χ1n) is 8.21. The quantitative estimate of drug-likeness (QED) is 0.677. The average molecular weight is 388 g/mol. The molecule has 0 bridgehead atoms. The largest absolute Gasteiger partial charge is 0.480 e. The second kappa shape index (κ2) is 8.14. The van der Waals surface area contributed by atoms with E-state index >= 15 is 0 Å². The van der Waals surface area contributed by atoms with Crippen molar-refractivity contribution in [3.05, 3.63) is 18.0 Å². The number of aromatic nitrogens is 2. The molecule has 10 nitrogen and oxygen atoms in total. The minimum Gasteiger partial charge on any atom is -0.480 e. The van der Waals surface area contributed by atoms with E-state index in [0.717, 1.165) is 10.6 Å². The summed E-state index contributed by atoms with van der Waals surface area (Å²) in [5.41, 5.74) is 0.310. The van der Waals surface area contributed by atoms with E-state index in [4.69, 9.17) is 9.84 Å². The number of carboxylic acids is 1. The number of aliphatic carboxylic acids is 1. The molecule has 1 aliphatic rings. The third-order valence-corrected chi connectivity index (χ3v) is 5.19. The molecular weight excluding hydrogens is 364 g/mol. The van der Waals surface area contributed by atoms with E-state index in [1.54, 1.807) is 21.8 Å². The number of carbonyl (C=O) groups is 2. The number of sulfonamides is 1. The standard InChI is InChI=1S/C15H24N4O6S/c1-11(2)19-5-4-13(16-19)15(22)17-6-7-25-12(8-17)9-18(10-14(20)21)26(3,23)24/h4-5,11-12H,6-10H2,1-3H3,(H,20,21). The fourth-order valence-corrected chi connectivity index (χ4v) is 3.39. The molecule has 0 radical (unpaired) electrons. The first-order chi connectivity index (χ1) is 12.1. The van der Waals surface area contributed by atoms with E-state index < -0.39 is 28.6 Å². The number of carbonyl (C=O) groups excluding carboxylic acids is 1. The highest BCUT2D eigenvalue weighted by atomic mass is 32.2. The van der Waals surface area contributed by atoms with Crippen LogP contribution in [0, 0.1) is 0 Å². The maximum atomic E-state index is 12.6.